The van der Waals surface area contributed by atoms with Gasteiger partial charge in [0.2, 0.25) is 5.91 Å². The van der Waals surface area contributed by atoms with Crippen molar-refractivity contribution in [2.75, 3.05) is 5.32 Å². The number of thiophene rings is 1. The van der Waals surface area contributed by atoms with E-state index in [1.165, 1.54) is 0 Å². The summed E-state index contributed by atoms with van der Waals surface area (Å²) in [7, 11) is 0. The third-order valence-electron chi connectivity index (χ3n) is 2.77. The summed E-state index contributed by atoms with van der Waals surface area (Å²) in [5.41, 5.74) is 1.43. The van der Waals surface area contributed by atoms with Crippen LogP contribution >= 0.6 is 11.3 Å². The Kier molecular flexibility index (Phi) is 3.97. The molecule has 21 heavy (non-hydrogen) atoms. The first-order chi connectivity index (χ1) is 10.3. The average Bonchev–Trinajstić information content (AvgIpc) is 3.02. The largest absolute Gasteiger partial charge is 0.323 e. The van der Waals surface area contributed by atoms with E-state index in [-0.39, 0.29) is 5.91 Å². The van der Waals surface area contributed by atoms with E-state index < -0.39 is 0 Å². The molecular formula is C15H12N4OS. The van der Waals surface area contributed by atoms with Crippen LogP contribution in [0.15, 0.2) is 54.4 Å². The second-order valence-electron chi connectivity index (χ2n) is 4.34. The number of nitrogens with one attached hydrogen (secondary N) is 1. The van der Waals surface area contributed by atoms with Crippen LogP contribution in [-0.4, -0.2) is 20.9 Å². The van der Waals surface area contributed by atoms with Crippen molar-refractivity contribution >= 4 is 22.9 Å². The number of nitrogens with zero attached hydrogens (tertiary/aromatic N) is 3. The van der Waals surface area contributed by atoms with Crippen molar-refractivity contribution < 1.29 is 4.79 Å². The number of anilines is 1. The fourth-order valence-electron chi connectivity index (χ4n) is 1.81. The number of hydrogen-bond acceptors (Lipinski definition) is 5. The number of amides is 1. The maximum absolute atomic E-state index is 11.9. The first-order valence-corrected chi connectivity index (χ1v) is 7.24. The number of pyridine rings is 1. The van der Waals surface area contributed by atoms with E-state index >= 15 is 0 Å². The first-order valence-electron chi connectivity index (χ1n) is 6.36. The maximum atomic E-state index is 11.9. The number of carbonyl (C=O) groups excluding carboxylic acids is 1. The van der Waals surface area contributed by atoms with Gasteiger partial charge >= 0.3 is 0 Å². The molecule has 1 N–H and O–H groups in total. The van der Waals surface area contributed by atoms with Gasteiger partial charge in [0, 0.05) is 22.8 Å². The third-order valence-corrected chi connectivity index (χ3v) is 3.65. The fraction of sp³-hybridized carbons (Fsp3) is 0.0667. The van der Waals surface area contributed by atoms with Gasteiger partial charge in [0.1, 0.15) is 0 Å². The summed E-state index contributed by atoms with van der Waals surface area (Å²) in [5, 5.41) is 4.74. The molecule has 1 amide bonds. The van der Waals surface area contributed by atoms with Crippen molar-refractivity contribution in [1.29, 1.82) is 0 Å². The van der Waals surface area contributed by atoms with Crippen molar-refractivity contribution in [3.05, 3.63) is 59.3 Å². The summed E-state index contributed by atoms with van der Waals surface area (Å²) in [4.78, 5) is 25.4. The minimum atomic E-state index is -0.0739. The van der Waals surface area contributed by atoms with Gasteiger partial charge in [0.05, 0.1) is 24.5 Å². The van der Waals surface area contributed by atoms with Gasteiger partial charge in [-0.3, -0.25) is 9.78 Å². The molecule has 3 rings (SSSR count). The van der Waals surface area contributed by atoms with Crippen LogP contribution in [-0.2, 0) is 11.2 Å². The normalized spacial score (nSPS) is 10.3. The molecule has 6 heteroatoms. The minimum Gasteiger partial charge on any atom is -0.323 e. The summed E-state index contributed by atoms with van der Waals surface area (Å²) in [6.07, 6.45) is 6.96. The lowest BCUT2D eigenvalue weighted by atomic mass is 10.2. The van der Waals surface area contributed by atoms with E-state index in [4.69, 9.17) is 0 Å². The highest BCUT2D eigenvalue weighted by Crippen LogP contribution is 2.14. The Morgan fingerprint density at radius 1 is 1.14 bits per heavy atom. The van der Waals surface area contributed by atoms with E-state index in [1.807, 2.05) is 29.6 Å². The third kappa shape index (κ3) is 3.49. The topological polar surface area (TPSA) is 67.8 Å². The van der Waals surface area contributed by atoms with Crippen LogP contribution in [0.3, 0.4) is 0 Å². The second kappa shape index (κ2) is 6.23. The SMILES string of the molecule is O=C(Cc1cccs1)Nc1cnc(-c2cccnc2)nc1. The number of aromatic nitrogens is 3. The van der Waals surface area contributed by atoms with Crippen LogP contribution in [0.1, 0.15) is 4.88 Å². The molecule has 3 heterocycles. The molecule has 0 aliphatic rings. The average molecular weight is 296 g/mol. The Labute approximate surface area is 125 Å². The van der Waals surface area contributed by atoms with E-state index in [2.05, 4.69) is 20.3 Å². The lowest BCUT2D eigenvalue weighted by Crippen LogP contribution is -2.14. The molecular weight excluding hydrogens is 284 g/mol. The van der Waals surface area contributed by atoms with Crippen LogP contribution < -0.4 is 5.32 Å². The molecule has 0 radical (unpaired) electrons. The van der Waals surface area contributed by atoms with Crippen molar-refractivity contribution in [2.24, 2.45) is 0 Å². The molecule has 3 aromatic rings. The second-order valence-corrected chi connectivity index (χ2v) is 5.37. The van der Waals surface area contributed by atoms with Crippen molar-refractivity contribution in [1.82, 2.24) is 15.0 Å². The molecule has 0 aromatic carbocycles. The zero-order valence-corrected chi connectivity index (χ0v) is 11.9. The maximum Gasteiger partial charge on any atom is 0.229 e. The van der Waals surface area contributed by atoms with Gasteiger partial charge in [0.25, 0.3) is 0 Å². The zero-order chi connectivity index (χ0) is 14.5. The minimum absolute atomic E-state index is 0.0739. The Balaban J connectivity index is 1.66. The van der Waals surface area contributed by atoms with Gasteiger partial charge in [0.15, 0.2) is 5.82 Å². The monoisotopic (exact) mass is 296 g/mol. The van der Waals surface area contributed by atoms with Crippen LogP contribution in [0.2, 0.25) is 0 Å². The molecule has 0 aliphatic carbocycles. The quantitative estimate of drug-likeness (QED) is 0.804. The van der Waals surface area contributed by atoms with Gasteiger partial charge in [-0.25, -0.2) is 9.97 Å². The lowest BCUT2D eigenvalue weighted by Gasteiger charge is -2.04. The number of carbonyl (C=O) groups is 1. The van der Waals surface area contributed by atoms with Crippen molar-refractivity contribution in [3.63, 3.8) is 0 Å². The standard InChI is InChI=1S/C15H12N4OS/c20-14(7-13-4-2-6-21-13)19-12-9-17-15(18-10-12)11-3-1-5-16-8-11/h1-6,8-10H,7H2,(H,19,20). The predicted molar refractivity (Wildman–Crippen MR) is 81.9 cm³/mol. The van der Waals surface area contributed by atoms with E-state index in [0.717, 1.165) is 10.4 Å². The lowest BCUT2D eigenvalue weighted by molar-refractivity contribution is -0.115. The van der Waals surface area contributed by atoms with E-state index in [1.54, 1.807) is 36.1 Å². The van der Waals surface area contributed by atoms with Crippen molar-refractivity contribution in [2.45, 2.75) is 6.42 Å². The Hall–Kier alpha value is -2.60. The van der Waals surface area contributed by atoms with Crippen LogP contribution in [0.4, 0.5) is 5.69 Å². The van der Waals surface area contributed by atoms with Crippen molar-refractivity contribution in [3.8, 4) is 11.4 Å². The smallest absolute Gasteiger partial charge is 0.229 e. The molecule has 0 atom stereocenters. The Bertz CT molecular complexity index is 711. The van der Waals surface area contributed by atoms with Gasteiger partial charge in [-0.2, -0.15) is 0 Å². The summed E-state index contributed by atoms with van der Waals surface area (Å²) >= 11 is 1.56. The highest BCUT2D eigenvalue weighted by Gasteiger charge is 2.06. The first kappa shape index (κ1) is 13.4. The molecule has 0 bridgehead atoms. The summed E-state index contributed by atoms with van der Waals surface area (Å²) in [6, 6.07) is 7.58. The Morgan fingerprint density at radius 3 is 2.67 bits per heavy atom. The van der Waals surface area contributed by atoms with E-state index in [0.29, 0.717) is 17.9 Å². The van der Waals surface area contributed by atoms with Gasteiger partial charge in [-0.1, -0.05) is 6.07 Å². The summed E-state index contributed by atoms with van der Waals surface area (Å²) in [5.74, 6) is 0.509. The number of rotatable bonds is 4. The predicted octanol–water partition coefficient (Wildman–Crippen LogP) is 2.78. The molecule has 0 saturated heterocycles. The van der Waals surface area contributed by atoms with E-state index in [9.17, 15) is 4.79 Å². The zero-order valence-electron chi connectivity index (χ0n) is 11.1. The molecule has 5 nitrogen and oxygen atoms in total. The number of hydrogen-bond donors (Lipinski definition) is 1. The molecule has 0 fully saturated rings. The Morgan fingerprint density at radius 2 is 2.00 bits per heavy atom. The highest BCUT2D eigenvalue weighted by atomic mass is 32.1. The fourth-order valence-corrected chi connectivity index (χ4v) is 2.52. The van der Waals surface area contributed by atoms with Crippen LogP contribution in [0, 0.1) is 0 Å². The van der Waals surface area contributed by atoms with Gasteiger partial charge < -0.3 is 5.32 Å². The highest BCUT2D eigenvalue weighted by molar-refractivity contribution is 7.10. The molecule has 0 saturated carbocycles. The molecule has 0 unspecified atom stereocenters. The molecule has 3 aromatic heterocycles. The molecule has 104 valence electrons. The molecule has 0 spiro atoms. The summed E-state index contributed by atoms with van der Waals surface area (Å²) < 4.78 is 0. The summed E-state index contributed by atoms with van der Waals surface area (Å²) in [6.45, 7) is 0. The molecule has 0 aliphatic heterocycles. The van der Waals surface area contributed by atoms with Crippen LogP contribution in [0.5, 0.6) is 0 Å². The van der Waals surface area contributed by atoms with Gasteiger partial charge in [-0.15, -0.1) is 11.3 Å². The van der Waals surface area contributed by atoms with Gasteiger partial charge in [-0.05, 0) is 23.6 Å². The van der Waals surface area contributed by atoms with Crippen LogP contribution in [0.25, 0.3) is 11.4 Å².